The minimum atomic E-state index is -1.05. The maximum Gasteiger partial charge on any atom is 0.313 e. The number of benzene rings is 1. The molecule has 1 aromatic rings. The molecule has 0 radical (unpaired) electrons. The van der Waals surface area contributed by atoms with Crippen LogP contribution >= 0.6 is 24.0 Å². The number of hydrogen-bond acceptors (Lipinski definition) is 8. The molecular weight excluding hydrogens is 651 g/mol. The molecule has 276 valence electrons. The lowest BCUT2D eigenvalue weighted by Gasteiger charge is -2.58. The Bertz CT molecular complexity index is 1380. The second kappa shape index (κ2) is 15.0. The summed E-state index contributed by atoms with van der Waals surface area (Å²) in [6.07, 6.45) is 1.43. The topological polar surface area (TPSA) is 88.9 Å². The molecule has 0 amide bonds. The molecule has 1 fully saturated rings. The number of thioether (sulfide) groups is 1. The van der Waals surface area contributed by atoms with Crippen LogP contribution in [0.3, 0.4) is 0 Å². The van der Waals surface area contributed by atoms with Gasteiger partial charge in [-0.3, -0.25) is 9.59 Å². The summed E-state index contributed by atoms with van der Waals surface area (Å²) >= 11 is 7.46. The van der Waals surface area contributed by atoms with Crippen molar-refractivity contribution in [3.05, 3.63) is 35.9 Å². The lowest BCUT2D eigenvalue weighted by Crippen LogP contribution is -2.58. The predicted molar refractivity (Wildman–Crippen MR) is 206 cm³/mol. The second-order valence-corrected chi connectivity index (χ2v) is 21.1. The van der Waals surface area contributed by atoms with Gasteiger partial charge < -0.3 is 14.2 Å². The van der Waals surface area contributed by atoms with Crippen LogP contribution in [0.5, 0.6) is 0 Å². The molecule has 0 spiro atoms. The van der Waals surface area contributed by atoms with E-state index < -0.39 is 42.8 Å². The van der Waals surface area contributed by atoms with Crippen LogP contribution in [0.2, 0.25) is 0 Å². The van der Waals surface area contributed by atoms with E-state index in [2.05, 4.69) is 75.3 Å². The monoisotopic (exact) mass is 715 g/mol. The molecule has 8 heteroatoms. The van der Waals surface area contributed by atoms with Crippen molar-refractivity contribution >= 4 is 40.1 Å². The third-order valence-corrected chi connectivity index (χ3v) is 13.9. The zero-order chi connectivity index (χ0) is 38.1. The van der Waals surface area contributed by atoms with E-state index in [-0.39, 0.29) is 24.6 Å². The van der Waals surface area contributed by atoms with Gasteiger partial charge in [0.1, 0.15) is 18.3 Å². The van der Waals surface area contributed by atoms with Crippen LogP contribution in [0.15, 0.2) is 30.3 Å². The molecule has 2 rings (SSSR count). The minimum absolute atomic E-state index is 0.0793. The van der Waals surface area contributed by atoms with Crippen LogP contribution in [0, 0.1) is 49.7 Å². The van der Waals surface area contributed by atoms with E-state index in [4.69, 9.17) is 26.4 Å². The number of nitriles is 1. The maximum absolute atomic E-state index is 14.5. The van der Waals surface area contributed by atoms with E-state index in [1.165, 1.54) is 11.8 Å². The van der Waals surface area contributed by atoms with Gasteiger partial charge in [-0.2, -0.15) is 5.26 Å². The van der Waals surface area contributed by atoms with Crippen molar-refractivity contribution in [1.29, 1.82) is 5.26 Å². The Balaban J connectivity index is 2.72. The molecule has 0 N–H and O–H groups in total. The van der Waals surface area contributed by atoms with Crippen LogP contribution in [0.25, 0.3) is 0 Å². The maximum atomic E-state index is 14.5. The quantitative estimate of drug-likeness (QED) is 0.0949. The Morgan fingerprint density at radius 1 is 0.878 bits per heavy atom. The SMILES string of the molecule is CC(C)CC(C)(C#N)C(C)(C)CC(C)(C(=O)OCC1CO1)C(C)(C)C(C)(C)CC(C)(C(=O)OC(C)(C)C)C(C)(C)SC(=S)c1ccccc1. The summed E-state index contributed by atoms with van der Waals surface area (Å²) in [5.74, 6) is -0.312. The largest absolute Gasteiger partial charge is 0.462 e. The molecule has 0 aliphatic carbocycles. The van der Waals surface area contributed by atoms with Gasteiger partial charge in [0.25, 0.3) is 0 Å². The summed E-state index contributed by atoms with van der Waals surface area (Å²) in [7, 11) is 0. The molecule has 0 bridgehead atoms. The highest BCUT2D eigenvalue weighted by Crippen LogP contribution is 2.63. The van der Waals surface area contributed by atoms with Crippen molar-refractivity contribution in [2.45, 2.75) is 146 Å². The molecule has 49 heavy (non-hydrogen) atoms. The Hall–Kier alpha value is -1.95. The third kappa shape index (κ3) is 9.69. The summed E-state index contributed by atoms with van der Waals surface area (Å²) in [4.78, 5) is 29.0. The van der Waals surface area contributed by atoms with Crippen LogP contribution < -0.4 is 0 Å². The predicted octanol–water partition coefficient (Wildman–Crippen LogP) is 10.6. The van der Waals surface area contributed by atoms with E-state index in [1.807, 2.05) is 71.9 Å². The number of carbonyl (C=O) groups is 2. The van der Waals surface area contributed by atoms with Crippen LogP contribution in [-0.4, -0.2) is 45.8 Å². The Morgan fingerprint density at radius 3 is 1.84 bits per heavy atom. The van der Waals surface area contributed by atoms with Gasteiger partial charge >= 0.3 is 11.9 Å². The summed E-state index contributed by atoms with van der Waals surface area (Å²) in [6.45, 7) is 33.6. The smallest absolute Gasteiger partial charge is 0.313 e. The van der Waals surface area contributed by atoms with Gasteiger partial charge in [0, 0.05) is 4.75 Å². The van der Waals surface area contributed by atoms with Gasteiger partial charge in [0.05, 0.1) is 33.1 Å². The summed E-state index contributed by atoms with van der Waals surface area (Å²) < 4.78 is 17.6. The number of ether oxygens (including phenoxy) is 3. The normalized spacial score (nSPS) is 19.6. The summed E-state index contributed by atoms with van der Waals surface area (Å²) in [5, 5.41) is 10.6. The van der Waals surface area contributed by atoms with Crippen LogP contribution in [0.4, 0.5) is 0 Å². The first-order valence-electron chi connectivity index (χ1n) is 17.7. The Labute approximate surface area is 308 Å². The molecular formula is C41H65NO5S2. The molecule has 4 unspecified atom stereocenters. The molecule has 4 atom stereocenters. The number of epoxide rings is 1. The van der Waals surface area contributed by atoms with Crippen molar-refractivity contribution in [3.8, 4) is 6.07 Å². The highest BCUT2D eigenvalue weighted by molar-refractivity contribution is 8.24. The molecule has 1 heterocycles. The molecule has 1 aromatic carbocycles. The minimum Gasteiger partial charge on any atom is -0.462 e. The molecule has 1 saturated heterocycles. The Morgan fingerprint density at radius 2 is 1.39 bits per heavy atom. The standard InChI is InChI=1S/C41H65NO5S2/c1-28(2)22-39(14,27-42)36(8,9)26-40(15,32(43)46-24-30-23-45-30)37(10,11)35(6,7)25-41(16,33(44)47-34(3,4)5)38(12,13)49-31(48)29-20-18-17-19-21-29/h17-21,28,30H,22-26H2,1-16H3. The van der Waals surface area contributed by atoms with Crippen LogP contribution in [-0.2, 0) is 23.8 Å². The highest BCUT2D eigenvalue weighted by Gasteiger charge is 2.63. The molecule has 0 saturated carbocycles. The average molecular weight is 716 g/mol. The van der Waals surface area contributed by atoms with Crippen LogP contribution in [0.1, 0.15) is 136 Å². The third-order valence-electron chi connectivity index (χ3n) is 12.0. The fraction of sp³-hybridized carbons (Fsp3) is 0.756. The first kappa shape index (κ1) is 43.2. The van der Waals surface area contributed by atoms with Crippen molar-refractivity contribution < 1.29 is 23.8 Å². The van der Waals surface area contributed by atoms with Gasteiger partial charge in [-0.1, -0.05) is 97.9 Å². The molecule has 0 aromatic heterocycles. The van der Waals surface area contributed by atoms with Gasteiger partial charge in [0.2, 0.25) is 0 Å². The number of nitrogens with zero attached hydrogens (tertiary/aromatic N) is 1. The lowest BCUT2D eigenvalue weighted by atomic mass is 9.46. The van der Waals surface area contributed by atoms with Gasteiger partial charge in [-0.05, 0) is 102 Å². The molecule has 1 aliphatic rings. The van der Waals surface area contributed by atoms with Crippen molar-refractivity contribution in [2.75, 3.05) is 13.2 Å². The van der Waals surface area contributed by atoms with E-state index in [0.717, 1.165) is 5.56 Å². The average Bonchev–Trinajstić information content (AvgIpc) is 3.78. The van der Waals surface area contributed by atoms with E-state index in [1.54, 1.807) is 0 Å². The number of rotatable bonds is 16. The van der Waals surface area contributed by atoms with Gasteiger partial charge in [-0.15, -0.1) is 11.8 Å². The van der Waals surface area contributed by atoms with E-state index >= 15 is 0 Å². The van der Waals surface area contributed by atoms with Crippen molar-refractivity contribution in [2.24, 2.45) is 38.4 Å². The summed E-state index contributed by atoms with van der Waals surface area (Å²) in [5.41, 5.74) is -4.48. The zero-order valence-corrected chi connectivity index (χ0v) is 35.0. The fourth-order valence-corrected chi connectivity index (χ4v) is 9.02. The number of thiocarbonyl (C=S) groups is 1. The van der Waals surface area contributed by atoms with Gasteiger partial charge in [-0.25, -0.2) is 0 Å². The number of esters is 2. The first-order chi connectivity index (χ1) is 22.0. The second-order valence-electron chi connectivity index (χ2n) is 18.8. The highest BCUT2D eigenvalue weighted by atomic mass is 32.2. The van der Waals surface area contributed by atoms with E-state index in [0.29, 0.717) is 36.0 Å². The number of carbonyl (C=O) groups excluding carboxylic acids is 2. The van der Waals surface area contributed by atoms with Crippen molar-refractivity contribution in [3.63, 3.8) is 0 Å². The molecule has 1 aliphatic heterocycles. The van der Waals surface area contributed by atoms with Gasteiger partial charge in [0.15, 0.2) is 0 Å². The van der Waals surface area contributed by atoms with Crippen molar-refractivity contribution in [1.82, 2.24) is 0 Å². The summed E-state index contributed by atoms with van der Waals surface area (Å²) in [6, 6.07) is 12.5. The van der Waals surface area contributed by atoms with E-state index in [9.17, 15) is 14.9 Å². The Kier molecular flexibility index (Phi) is 13.2. The lowest BCUT2D eigenvalue weighted by molar-refractivity contribution is -0.183. The molecule has 6 nitrogen and oxygen atoms in total. The zero-order valence-electron chi connectivity index (χ0n) is 33.4. The fourth-order valence-electron chi connectivity index (χ4n) is 7.16. The number of hydrogen-bond donors (Lipinski definition) is 0. The first-order valence-corrected chi connectivity index (χ1v) is 19.0.